The maximum absolute atomic E-state index is 5.17. The van der Waals surface area contributed by atoms with E-state index in [9.17, 15) is 0 Å². The summed E-state index contributed by atoms with van der Waals surface area (Å²) in [5.74, 6) is 0.919. The Morgan fingerprint density at radius 3 is 2.50 bits per heavy atom. The lowest BCUT2D eigenvalue weighted by atomic mass is 10.1. The number of nitrogens with zero attached hydrogens (tertiary/aromatic N) is 1. The minimum atomic E-state index is 0.401. The van der Waals surface area contributed by atoms with Crippen molar-refractivity contribution in [1.82, 2.24) is 10.2 Å². The van der Waals surface area contributed by atoms with Crippen LogP contribution in [0.2, 0.25) is 0 Å². The molecule has 18 heavy (non-hydrogen) atoms. The van der Waals surface area contributed by atoms with Crippen LogP contribution in [0.4, 0.5) is 0 Å². The molecule has 2 rings (SSSR count). The third-order valence-electron chi connectivity index (χ3n) is 3.69. The van der Waals surface area contributed by atoms with Crippen LogP contribution in [0.3, 0.4) is 0 Å². The fraction of sp³-hybridized carbons (Fsp3) is 0.600. The van der Waals surface area contributed by atoms with Gasteiger partial charge in [0.05, 0.1) is 7.11 Å². The molecule has 100 valence electrons. The highest BCUT2D eigenvalue weighted by Crippen LogP contribution is 2.17. The van der Waals surface area contributed by atoms with E-state index in [1.807, 2.05) is 12.1 Å². The zero-order chi connectivity index (χ0) is 12.8. The molecule has 0 saturated carbocycles. The number of methoxy groups -OCH3 is 1. The molecule has 1 aliphatic rings. The highest BCUT2D eigenvalue weighted by atomic mass is 16.5. The summed E-state index contributed by atoms with van der Waals surface area (Å²) < 4.78 is 5.17. The normalized spacial score (nSPS) is 17.9. The highest BCUT2D eigenvalue weighted by Gasteiger charge is 2.11. The second-order valence-corrected chi connectivity index (χ2v) is 5.00. The van der Waals surface area contributed by atoms with Gasteiger partial charge in [0.15, 0.2) is 0 Å². The zero-order valence-electron chi connectivity index (χ0n) is 11.5. The summed E-state index contributed by atoms with van der Waals surface area (Å²) in [6, 6.07) is 8.71. The van der Waals surface area contributed by atoms with E-state index in [-0.39, 0.29) is 0 Å². The molecule has 1 heterocycles. The van der Waals surface area contributed by atoms with Crippen LogP contribution in [-0.4, -0.2) is 38.2 Å². The number of benzene rings is 1. The van der Waals surface area contributed by atoms with Gasteiger partial charge in [-0.3, -0.25) is 0 Å². The second kappa shape index (κ2) is 6.76. The summed E-state index contributed by atoms with van der Waals surface area (Å²) in [5, 5.41) is 3.58. The van der Waals surface area contributed by atoms with Crippen molar-refractivity contribution in [2.24, 2.45) is 0 Å². The van der Waals surface area contributed by atoms with Crippen LogP contribution in [0, 0.1) is 0 Å². The lowest BCUT2D eigenvalue weighted by molar-refractivity contribution is 0.330. The Balaban J connectivity index is 1.74. The summed E-state index contributed by atoms with van der Waals surface area (Å²) >= 11 is 0. The Bertz CT molecular complexity index is 344. The summed E-state index contributed by atoms with van der Waals surface area (Å²) in [6.45, 7) is 7.00. The van der Waals surface area contributed by atoms with Crippen LogP contribution < -0.4 is 10.1 Å². The van der Waals surface area contributed by atoms with Crippen LogP contribution in [0.5, 0.6) is 5.75 Å². The molecule has 0 aromatic heterocycles. The van der Waals surface area contributed by atoms with Crippen molar-refractivity contribution >= 4 is 0 Å². The Hall–Kier alpha value is -1.06. The lowest BCUT2D eigenvalue weighted by Crippen LogP contribution is -2.31. The van der Waals surface area contributed by atoms with Crippen molar-refractivity contribution in [2.45, 2.75) is 25.8 Å². The van der Waals surface area contributed by atoms with Crippen molar-refractivity contribution in [2.75, 3.05) is 33.3 Å². The smallest absolute Gasteiger partial charge is 0.118 e. The van der Waals surface area contributed by atoms with Crippen molar-refractivity contribution in [3.8, 4) is 5.75 Å². The van der Waals surface area contributed by atoms with Gasteiger partial charge < -0.3 is 15.0 Å². The molecule has 0 spiro atoms. The van der Waals surface area contributed by atoms with Gasteiger partial charge in [-0.05, 0) is 50.6 Å². The van der Waals surface area contributed by atoms with E-state index in [1.165, 1.54) is 38.0 Å². The number of hydrogen-bond acceptors (Lipinski definition) is 3. The van der Waals surface area contributed by atoms with E-state index in [2.05, 4.69) is 29.3 Å². The third-order valence-corrected chi connectivity index (χ3v) is 3.69. The van der Waals surface area contributed by atoms with Crippen molar-refractivity contribution in [3.05, 3.63) is 29.8 Å². The van der Waals surface area contributed by atoms with Crippen LogP contribution in [0.1, 0.15) is 31.4 Å². The first-order valence-electron chi connectivity index (χ1n) is 6.89. The van der Waals surface area contributed by atoms with E-state index < -0.39 is 0 Å². The van der Waals surface area contributed by atoms with Gasteiger partial charge in [0, 0.05) is 19.1 Å². The topological polar surface area (TPSA) is 24.5 Å². The molecule has 1 atom stereocenters. The Kier molecular flexibility index (Phi) is 5.02. The summed E-state index contributed by atoms with van der Waals surface area (Å²) in [4.78, 5) is 2.54. The van der Waals surface area contributed by atoms with E-state index in [4.69, 9.17) is 4.74 Å². The van der Waals surface area contributed by atoms with Crippen molar-refractivity contribution in [1.29, 1.82) is 0 Å². The molecule has 1 aromatic rings. The fourth-order valence-corrected chi connectivity index (χ4v) is 2.46. The number of rotatable bonds is 6. The van der Waals surface area contributed by atoms with Crippen LogP contribution in [0.25, 0.3) is 0 Å². The van der Waals surface area contributed by atoms with Crippen molar-refractivity contribution in [3.63, 3.8) is 0 Å². The molecular weight excluding hydrogens is 224 g/mol. The lowest BCUT2D eigenvalue weighted by Gasteiger charge is -2.18. The predicted molar refractivity (Wildman–Crippen MR) is 75.1 cm³/mol. The second-order valence-electron chi connectivity index (χ2n) is 5.00. The number of nitrogens with one attached hydrogen (secondary N) is 1. The van der Waals surface area contributed by atoms with Crippen molar-refractivity contribution < 1.29 is 4.74 Å². The monoisotopic (exact) mass is 248 g/mol. The molecule has 0 aliphatic carbocycles. The zero-order valence-corrected chi connectivity index (χ0v) is 11.5. The number of likely N-dealkylation sites (tertiary alicyclic amines) is 1. The molecule has 3 nitrogen and oxygen atoms in total. The summed E-state index contributed by atoms with van der Waals surface area (Å²) in [6.07, 6.45) is 2.74. The van der Waals surface area contributed by atoms with Gasteiger partial charge in [-0.1, -0.05) is 12.1 Å². The van der Waals surface area contributed by atoms with E-state index in [0.29, 0.717) is 6.04 Å². The molecule has 0 radical (unpaired) electrons. The van der Waals surface area contributed by atoms with Gasteiger partial charge in [0.25, 0.3) is 0 Å². The SMILES string of the molecule is COc1ccc(C(C)NCCN2CCCC2)cc1. The molecule has 1 fully saturated rings. The number of hydrogen-bond donors (Lipinski definition) is 1. The minimum Gasteiger partial charge on any atom is -0.497 e. The molecule has 1 N–H and O–H groups in total. The maximum Gasteiger partial charge on any atom is 0.118 e. The fourth-order valence-electron chi connectivity index (χ4n) is 2.46. The average Bonchev–Trinajstić information content (AvgIpc) is 2.92. The average molecular weight is 248 g/mol. The Morgan fingerprint density at radius 1 is 1.22 bits per heavy atom. The molecule has 0 amide bonds. The molecule has 1 saturated heterocycles. The van der Waals surface area contributed by atoms with Gasteiger partial charge in [-0.2, -0.15) is 0 Å². The van der Waals surface area contributed by atoms with Gasteiger partial charge in [-0.15, -0.1) is 0 Å². The first-order chi connectivity index (χ1) is 8.79. The molecule has 1 unspecified atom stereocenters. The largest absolute Gasteiger partial charge is 0.497 e. The van der Waals surface area contributed by atoms with Gasteiger partial charge >= 0.3 is 0 Å². The quantitative estimate of drug-likeness (QED) is 0.837. The van der Waals surface area contributed by atoms with Gasteiger partial charge in [0.2, 0.25) is 0 Å². The first kappa shape index (κ1) is 13.4. The minimum absolute atomic E-state index is 0.401. The van der Waals surface area contributed by atoms with E-state index in [0.717, 1.165) is 12.3 Å². The van der Waals surface area contributed by atoms with Crippen LogP contribution in [0.15, 0.2) is 24.3 Å². The van der Waals surface area contributed by atoms with E-state index >= 15 is 0 Å². The maximum atomic E-state index is 5.17. The molecule has 1 aliphatic heterocycles. The molecule has 1 aromatic carbocycles. The van der Waals surface area contributed by atoms with Crippen LogP contribution >= 0.6 is 0 Å². The summed E-state index contributed by atoms with van der Waals surface area (Å²) in [7, 11) is 1.70. The van der Waals surface area contributed by atoms with E-state index in [1.54, 1.807) is 7.11 Å². The molecular formula is C15H24N2O. The third kappa shape index (κ3) is 3.72. The first-order valence-corrected chi connectivity index (χ1v) is 6.89. The van der Waals surface area contributed by atoms with Gasteiger partial charge in [0.1, 0.15) is 5.75 Å². The molecule has 3 heteroatoms. The van der Waals surface area contributed by atoms with Gasteiger partial charge in [-0.25, -0.2) is 0 Å². The standard InChI is InChI=1S/C15H24N2O/c1-13(14-5-7-15(18-2)8-6-14)16-9-12-17-10-3-4-11-17/h5-8,13,16H,3-4,9-12H2,1-2H3. The summed E-state index contributed by atoms with van der Waals surface area (Å²) in [5.41, 5.74) is 1.32. The Labute approximate surface area is 110 Å². The Morgan fingerprint density at radius 2 is 1.89 bits per heavy atom. The van der Waals surface area contributed by atoms with Crippen LogP contribution in [-0.2, 0) is 0 Å². The molecule has 0 bridgehead atoms. The predicted octanol–water partition coefficient (Wildman–Crippen LogP) is 2.44. The highest BCUT2D eigenvalue weighted by molar-refractivity contribution is 5.28. The number of ether oxygens (including phenoxy) is 1.